The minimum Gasteiger partial charge on any atom is -0.463 e. The minimum absolute atomic E-state index is 0.214. The van der Waals surface area contributed by atoms with Crippen LogP contribution in [0.3, 0.4) is 0 Å². The van der Waals surface area contributed by atoms with E-state index in [1.54, 1.807) is 6.92 Å². The van der Waals surface area contributed by atoms with Crippen molar-refractivity contribution in [3.63, 3.8) is 0 Å². The Labute approximate surface area is 118 Å². The minimum atomic E-state index is -0.523. The maximum Gasteiger partial charge on any atom is 0.407 e. The molecule has 5 heteroatoms. The highest BCUT2D eigenvalue weighted by Crippen LogP contribution is 2.02. The molecule has 0 fully saturated rings. The van der Waals surface area contributed by atoms with Crippen molar-refractivity contribution in [2.75, 3.05) is 13.2 Å². The molecule has 0 heterocycles. The number of nitrogens with one attached hydrogen (secondary N) is 1. The van der Waals surface area contributed by atoms with Gasteiger partial charge in [0.25, 0.3) is 0 Å². The highest BCUT2D eigenvalue weighted by atomic mass is 16.5. The van der Waals surface area contributed by atoms with Crippen molar-refractivity contribution in [1.29, 1.82) is 0 Å². The number of rotatable bonds is 7. The first kappa shape index (κ1) is 15.8. The fourth-order valence-corrected chi connectivity index (χ4v) is 1.42. The zero-order chi connectivity index (χ0) is 14.8. The van der Waals surface area contributed by atoms with E-state index >= 15 is 0 Å². The Bertz CT molecular complexity index is 456. The first-order valence-corrected chi connectivity index (χ1v) is 6.43. The van der Waals surface area contributed by atoms with Gasteiger partial charge in [-0.3, -0.25) is 0 Å². The van der Waals surface area contributed by atoms with Crippen molar-refractivity contribution in [2.24, 2.45) is 0 Å². The van der Waals surface area contributed by atoms with Gasteiger partial charge in [0.15, 0.2) is 0 Å². The second-order valence-electron chi connectivity index (χ2n) is 4.06. The first-order chi connectivity index (χ1) is 9.63. The molecule has 0 aliphatic carbocycles. The van der Waals surface area contributed by atoms with Crippen molar-refractivity contribution in [3.8, 4) is 0 Å². The van der Waals surface area contributed by atoms with E-state index in [1.807, 2.05) is 30.3 Å². The third kappa shape index (κ3) is 6.04. The van der Waals surface area contributed by atoms with E-state index < -0.39 is 12.1 Å². The van der Waals surface area contributed by atoms with Crippen LogP contribution in [0.5, 0.6) is 0 Å². The summed E-state index contributed by atoms with van der Waals surface area (Å²) < 4.78 is 9.81. The highest BCUT2D eigenvalue weighted by Gasteiger charge is 2.08. The Morgan fingerprint density at radius 1 is 1.20 bits per heavy atom. The van der Waals surface area contributed by atoms with Gasteiger partial charge < -0.3 is 14.8 Å². The average molecular weight is 277 g/mol. The average Bonchev–Trinajstić information content (AvgIpc) is 2.46. The number of esters is 1. The van der Waals surface area contributed by atoms with Gasteiger partial charge in [0.05, 0.1) is 6.61 Å². The van der Waals surface area contributed by atoms with Gasteiger partial charge in [-0.05, 0) is 18.9 Å². The number of benzene rings is 1. The fraction of sp³-hybridized carbons (Fsp3) is 0.333. The summed E-state index contributed by atoms with van der Waals surface area (Å²) in [5.41, 5.74) is 1.24. The summed E-state index contributed by atoms with van der Waals surface area (Å²) in [6.45, 7) is 6.13. The highest BCUT2D eigenvalue weighted by molar-refractivity contribution is 5.87. The van der Waals surface area contributed by atoms with Gasteiger partial charge in [-0.1, -0.05) is 36.9 Å². The Balaban J connectivity index is 2.17. The Kier molecular flexibility index (Phi) is 6.89. The third-order valence-corrected chi connectivity index (χ3v) is 2.47. The van der Waals surface area contributed by atoms with Gasteiger partial charge in [0, 0.05) is 12.1 Å². The molecule has 1 aromatic carbocycles. The summed E-state index contributed by atoms with van der Waals surface area (Å²) >= 11 is 0. The molecule has 0 bridgehead atoms. The molecule has 0 aliphatic heterocycles. The van der Waals surface area contributed by atoms with Crippen LogP contribution in [0.25, 0.3) is 0 Å². The van der Waals surface area contributed by atoms with Crippen LogP contribution in [-0.2, 0) is 20.9 Å². The standard InChI is InChI=1S/C15H19NO4/c1-3-19-14(17)12(2)9-10-16-15(18)20-11-13-7-5-4-6-8-13/h4-8H,2-3,9-11H2,1H3,(H,16,18). The van der Waals surface area contributed by atoms with E-state index in [0.29, 0.717) is 18.6 Å². The van der Waals surface area contributed by atoms with E-state index in [-0.39, 0.29) is 13.2 Å². The smallest absolute Gasteiger partial charge is 0.407 e. The van der Waals surface area contributed by atoms with Crippen molar-refractivity contribution in [1.82, 2.24) is 5.32 Å². The maximum atomic E-state index is 11.4. The molecule has 0 aliphatic rings. The lowest BCUT2D eigenvalue weighted by atomic mass is 10.2. The summed E-state index contributed by atoms with van der Waals surface area (Å²) in [5, 5.41) is 2.55. The van der Waals surface area contributed by atoms with E-state index in [1.165, 1.54) is 0 Å². The van der Waals surface area contributed by atoms with Gasteiger partial charge in [0.1, 0.15) is 6.61 Å². The number of hydrogen-bond donors (Lipinski definition) is 1. The third-order valence-electron chi connectivity index (χ3n) is 2.47. The van der Waals surface area contributed by atoms with Gasteiger partial charge in [-0.15, -0.1) is 0 Å². The van der Waals surface area contributed by atoms with Gasteiger partial charge in [-0.25, -0.2) is 9.59 Å². The predicted octanol–water partition coefficient (Wildman–Crippen LogP) is 2.42. The summed E-state index contributed by atoms with van der Waals surface area (Å²) in [6.07, 6.45) is -0.190. The van der Waals surface area contributed by atoms with Crippen LogP contribution in [-0.4, -0.2) is 25.2 Å². The van der Waals surface area contributed by atoms with Crippen molar-refractivity contribution >= 4 is 12.1 Å². The molecule has 108 valence electrons. The topological polar surface area (TPSA) is 64.6 Å². The number of alkyl carbamates (subject to hydrolysis) is 1. The van der Waals surface area contributed by atoms with Gasteiger partial charge >= 0.3 is 12.1 Å². The second kappa shape index (κ2) is 8.74. The Hall–Kier alpha value is -2.30. The van der Waals surface area contributed by atoms with Crippen LogP contribution >= 0.6 is 0 Å². The fourth-order valence-electron chi connectivity index (χ4n) is 1.42. The second-order valence-corrected chi connectivity index (χ2v) is 4.06. The molecule has 0 radical (unpaired) electrons. The Morgan fingerprint density at radius 2 is 1.90 bits per heavy atom. The lowest BCUT2D eigenvalue weighted by Gasteiger charge is -2.08. The number of amides is 1. The molecular weight excluding hydrogens is 258 g/mol. The van der Waals surface area contributed by atoms with E-state index in [9.17, 15) is 9.59 Å². The van der Waals surface area contributed by atoms with Crippen molar-refractivity contribution in [3.05, 3.63) is 48.0 Å². The first-order valence-electron chi connectivity index (χ1n) is 6.43. The lowest BCUT2D eigenvalue weighted by Crippen LogP contribution is -2.26. The molecule has 0 saturated carbocycles. The van der Waals surface area contributed by atoms with E-state index in [2.05, 4.69) is 11.9 Å². The molecule has 0 unspecified atom stereocenters. The van der Waals surface area contributed by atoms with Crippen LogP contribution in [0.4, 0.5) is 4.79 Å². The zero-order valence-corrected chi connectivity index (χ0v) is 11.6. The van der Waals surface area contributed by atoms with Crippen molar-refractivity contribution in [2.45, 2.75) is 20.0 Å². The van der Waals surface area contributed by atoms with Crippen LogP contribution < -0.4 is 5.32 Å². The molecule has 0 aromatic heterocycles. The zero-order valence-electron chi connectivity index (χ0n) is 11.6. The Morgan fingerprint density at radius 3 is 2.55 bits per heavy atom. The van der Waals surface area contributed by atoms with Crippen LogP contribution in [0.15, 0.2) is 42.5 Å². The molecule has 0 spiro atoms. The molecule has 5 nitrogen and oxygen atoms in total. The number of hydrogen-bond acceptors (Lipinski definition) is 4. The number of carbonyl (C=O) groups excluding carboxylic acids is 2. The van der Waals surface area contributed by atoms with Crippen LogP contribution in [0.1, 0.15) is 18.9 Å². The summed E-state index contributed by atoms with van der Waals surface area (Å²) in [4.78, 5) is 22.7. The van der Waals surface area contributed by atoms with Gasteiger partial charge in [-0.2, -0.15) is 0 Å². The number of carbonyl (C=O) groups is 2. The normalized spacial score (nSPS) is 9.65. The SMILES string of the molecule is C=C(CCNC(=O)OCc1ccccc1)C(=O)OCC. The predicted molar refractivity (Wildman–Crippen MR) is 75.0 cm³/mol. The molecular formula is C15H19NO4. The largest absolute Gasteiger partial charge is 0.463 e. The maximum absolute atomic E-state index is 11.4. The molecule has 20 heavy (non-hydrogen) atoms. The molecule has 1 aromatic rings. The summed E-state index contributed by atoms with van der Waals surface area (Å²) in [5.74, 6) is -0.438. The van der Waals surface area contributed by atoms with E-state index in [0.717, 1.165) is 5.56 Å². The lowest BCUT2D eigenvalue weighted by molar-refractivity contribution is -0.138. The summed E-state index contributed by atoms with van der Waals surface area (Å²) in [6, 6.07) is 9.39. The van der Waals surface area contributed by atoms with E-state index in [4.69, 9.17) is 9.47 Å². The molecule has 1 N–H and O–H groups in total. The van der Waals surface area contributed by atoms with Gasteiger partial charge in [0.2, 0.25) is 0 Å². The molecule has 1 rings (SSSR count). The summed E-state index contributed by atoms with van der Waals surface area (Å²) in [7, 11) is 0. The monoisotopic (exact) mass is 277 g/mol. The molecule has 1 amide bonds. The van der Waals surface area contributed by atoms with Crippen molar-refractivity contribution < 1.29 is 19.1 Å². The number of ether oxygens (including phenoxy) is 2. The van der Waals surface area contributed by atoms with Crippen LogP contribution in [0, 0.1) is 0 Å². The molecule has 0 saturated heterocycles. The molecule has 0 atom stereocenters. The van der Waals surface area contributed by atoms with Crippen LogP contribution in [0.2, 0.25) is 0 Å². The quantitative estimate of drug-likeness (QED) is 0.614.